The number of carbonyl (C=O) groups excluding carboxylic acids is 1. The zero-order chi connectivity index (χ0) is 13.3. The molecule has 0 aliphatic heterocycles. The van der Waals surface area contributed by atoms with Gasteiger partial charge in [0.2, 0.25) is 0 Å². The summed E-state index contributed by atoms with van der Waals surface area (Å²) in [5.74, 6) is -3.55. The zero-order valence-electron chi connectivity index (χ0n) is 8.88. The predicted molar refractivity (Wildman–Crippen MR) is 61.2 cm³/mol. The molecule has 0 heterocycles. The Bertz CT molecular complexity index is 572. The number of halogens is 4. The summed E-state index contributed by atoms with van der Waals surface area (Å²) in [5.41, 5.74) is -0.706. The summed E-state index contributed by atoms with van der Waals surface area (Å²) in [4.78, 5) is 11.9. The molecule has 2 rings (SSSR count). The molecule has 2 aromatic rings. The highest BCUT2D eigenvalue weighted by atomic mass is 35.5. The van der Waals surface area contributed by atoms with Crippen molar-refractivity contribution in [2.24, 2.45) is 0 Å². The van der Waals surface area contributed by atoms with Crippen molar-refractivity contribution in [1.29, 1.82) is 0 Å². The first-order valence-electron chi connectivity index (χ1n) is 4.94. The average Bonchev–Trinajstić information content (AvgIpc) is 2.28. The average molecular weight is 271 g/mol. The molecule has 0 atom stereocenters. The molecule has 0 aliphatic carbocycles. The Balaban J connectivity index is 2.48. The Kier molecular flexibility index (Phi) is 3.39. The number of hydrogen-bond acceptors (Lipinski definition) is 1. The summed E-state index contributed by atoms with van der Waals surface area (Å²) in [6.07, 6.45) is 0. The minimum absolute atomic E-state index is 0.128. The van der Waals surface area contributed by atoms with E-state index in [0.717, 1.165) is 24.3 Å². The highest BCUT2D eigenvalue weighted by Gasteiger charge is 2.18. The van der Waals surface area contributed by atoms with Crippen LogP contribution in [0, 0.1) is 17.5 Å². The zero-order valence-corrected chi connectivity index (χ0v) is 9.64. The molecule has 0 bridgehead atoms. The fraction of sp³-hybridized carbons (Fsp3) is 0. The molecule has 5 heteroatoms. The van der Waals surface area contributed by atoms with Crippen molar-refractivity contribution in [2.75, 3.05) is 0 Å². The number of ketones is 1. The first kappa shape index (κ1) is 12.6. The van der Waals surface area contributed by atoms with E-state index < -0.39 is 28.8 Å². The van der Waals surface area contributed by atoms with E-state index in [1.165, 1.54) is 6.07 Å². The molecule has 0 unspecified atom stereocenters. The minimum atomic E-state index is -1.03. The number of carbonyl (C=O) groups is 1. The Morgan fingerprint density at radius 3 is 2.00 bits per heavy atom. The van der Waals surface area contributed by atoms with E-state index in [1.807, 2.05) is 0 Å². The van der Waals surface area contributed by atoms with Crippen molar-refractivity contribution in [3.8, 4) is 0 Å². The first-order valence-corrected chi connectivity index (χ1v) is 5.31. The van der Waals surface area contributed by atoms with E-state index >= 15 is 0 Å². The van der Waals surface area contributed by atoms with Gasteiger partial charge in [-0.25, -0.2) is 13.2 Å². The normalized spacial score (nSPS) is 10.4. The highest BCUT2D eigenvalue weighted by Crippen LogP contribution is 2.20. The lowest BCUT2D eigenvalue weighted by molar-refractivity contribution is 0.103. The van der Waals surface area contributed by atoms with E-state index in [4.69, 9.17) is 11.6 Å². The van der Waals surface area contributed by atoms with Crippen LogP contribution in [0.3, 0.4) is 0 Å². The SMILES string of the molecule is O=C(c1ccc(F)cc1F)c1ccc(Cl)cc1F. The molecule has 2 aromatic carbocycles. The smallest absolute Gasteiger partial charge is 0.198 e. The van der Waals surface area contributed by atoms with Crippen molar-refractivity contribution in [2.45, 2.75) is 0 Å². The second-order valence-corrected chi connectivity index (χ2v) is 4.01. The summed E-state index contributed by atoms with van der Waals surface area (Å²) in [6.45, 7) is 0. The molecule has 0 radical (unpaired) electrons. The fourth-order valence-electron chi connectivity index (χ4n) is 1.49. The van der Waals surface area contributed by atoms with Gasteiger partial charge in [-0.05, 0) is 30.3 Å². The third-order valence-electron chi connectivity index (χ3n) is 2.35. The highest BCUT2D eigenvalue weighted by molar-refractivity contribution is 6.30. The quantitative estimate of drug-likeness (QED) is 0.754. The lowest BCUT2D eigenvalue weighted by Crippen LogP contribution is -2.07. The van der Waals surface area contributed by atoms with Crippen molar-refractivity contribution < 1.29 is 18.0 Å². The van der Waals surface area contributed by atoms with Crippen LogP contribution in [-0.2, 0) is 0 Å². The maximum absolute atomic E-state index is 13.5. The number of benzene rings is 2. The summed E-state index contributed by atoms with van der Waals surface area (Å²) < 4.78 is 39.6. The molecule has 0 amide bonds. The molecular weight excluding hydrogens is 265 g/mol. The van der Waals surface area contributed by atoms with Crippen molar-refractivity contribution in [3.05, 3.63) is 70.0 Å². The molecular formula is C13H6ClF3O. The standard InChI is InChI=1S/C13H6ClF3O/c14-7-1-3-9(11(16)5-7)13(18)10-4-2-8(15)6-12(10)17/h1-6H. The summed E-state index contributed by atoms with van der Waals surface area (Å²) >= 11 is 5.54. The summed E-state index contributed by atoms with van der Waals surface area (Å²) in [6, 6.07) is 5.91. The Hall–Kier alpha value is -1.81. The van der Waals surface area contributed by atoms with Crippen molar-refractivity contribution in [3.63, 3.8) is 0 Å². The summed E-state index contributed by atoms with van der Waals surface area (Å²) in [7, 11) is 0. The first-order chi connectivity index (χ1) is 8.49. The van der Waals surface area contributed by atoms with Crippen LogP contribution in [0.5, 0.6) is 0 Å². The van der Waals surface area contributed by atoms with Gasteiger partial charge in [0.25, 0.3) is 0 Å². The van der Waals surface area contributed by atoms with Gasteiger partial charge in [0.15, 0.2) is 5.78 Å². The molecule has 18 heavy (non-hydrogen) atoms. The van der Waals surface area contributed by atoms with Gasteiger partial charge in [-0.3, -0.25) is 4.79 Å². The third kappa shape index (κ3) is 2.38. The van der Waals surface area contributed by atoms with Crippen molar-refractivity contribution in [1.82, 2.24) is 0 Å². The van der Waals surface area contributed by atoms with Crippen LogP contribution in [0.25, 0.3) is 0 Å². The van der Waals surface area contributed by atoms with Gasteiger partial charge in [0, 0.05) is 11.1 Å². The number of hydrogen-bond donors (Lipinski definition) is 0. The lowest BCUT2D eigenvalue weighted by Gasteiger charge is -2.04. The van der Waals surface area contributed by atoms with Crippen molar-refractivity contribution >= 4 is 17.4 Å². The molecule has 0 spiro atoms. The van der Waals surface area contributed by atoms with E-state index in [-0.39, 0.29) is 10.6 Å². The fourth-order valence-corrected chi connectivity index (χ4v) is 1.65. The maximum atomic E-state index is 13.5. The molecule has 0 saturated carbocycles. The van der Waals surface area contributed by atoms with E-state index in [0.29, 0.717) is 6.07 Å². The maximum Gasteiger partial charge on any atom is 0.198 e. The Labute approximate surface area is 106 Å². The number of rotatable bonds is 2. The molecule has 0 aromatic heterocycles. The second kappa shape index (κ2) is 4.82. The largest absolute Gasteiger partial charge is 0.288 e. The van der Waals surface area contributed by atoms with Gasteiger partial charge in [-0.1, -0.05) is 11.6 Å². The summed E-state index contributed by atoms with van der Waals surface area (Å²) in [5, 5.41) is 0.128. The molecule has 0 saturated heterocycles. The van der Waals surface area contributed by atoms with Gasteiger partial charge >= 0.3 is 0 Å². The second-order valence-electron chi connectivity index (χ2n) is 3.58. The molecule has 0 aliphatic rings. The predicted octanol–water partition coefficient (Wildman–Crippen LogP) is 3.99. The van der Waals surface area contributed by atoms with Gasteiger partial charge in [-0.2, -0.15) is 0 Å². The van der Waals surface area contributed by atoms with Crippen LogP contribution in [-0.4, -0.2) is 5.78 Å². The molecule has 0 fully saturated rings. The van der Waals surface area contributed by atoms with Gasteiger partial charge in [0.05, 0.1) is 11.1 Å². The third-order valence-corrected chi connectivity index (χ3v) is 2.59. The monoisotopic (exact) mass is 270 g/mol. The molecule has 92 valence electrons. The topological polar surface area (TPSA) is 17.1 Å². The van der Waals surface area contributed by atoms with Crippen LogP contribution in [0.15, 0.2) is 36.4 Å². The molecule has 1 nitrogen and oxygen atoms in total. The van der Waals surface area contributed by atoms with Crippen LogP contribution in [0.2, 0.25) is 5.02 Å². The van der Waals surface area contributed by atoms with Gasteiger partial charge in [0.1, 0.15) is 17.5 Å². The van der Waals surface area contributed by atoms with E-state index in [9.17, 15) is 18.0 Å². The van der Waals surface area contributed by atoms with Crippen LogP contribution < -0.4 is 0 Å². The van der Waals surface area contributed by atoms with Gasteiger partial charge in [-0.15, -0.1) is 0 Å². The van der Waals surface area contributed by atoms with Gasteiger partial charge < -0.3 is 0 Å². The Morgan fingerprint density at radius 1 is 0.889 bits per heavy atom. The van der Waals surface area contributed by atoms with Crippen LogP contribution in [0.1, 0.15) is 15.9 Å². The Morgan fingerprint density at radius 2 is 1.44 bits per heavy atom. The minimum Gasteiger partial charge on any atom is -0.288 e. The lowest BCUT2D eigenvalue weighted by atomic mass is 10.0. The molecule has 0 N–H and O–H groups in total. The van der Waals surface area contributed by atoms with E-state index in [1.54, 1.807) is 0 Å². The van der Waals surface area contributed by atoms with Crippen LogP contribution >= 0.6 is 11.6 Å². The van der Waals surface area contributed by atoms with Crippen LogP contribution in [0.4, 0.5) is 13.2 Å². The van der Waals surface area contributed by atoms with E-state index in [2.05, 4.69) is 0 Å².